The van der Waals surface area contributed by atoms with Crippen LogP contribution in [0.15, 0.2) is 28.7 Å². The molecule has 3 rings (SSSR count). The third-order valence-electron chi connectivity index (χ3n) is 5.27. The first kappa shape index (κ1) is 21.5. The maximum absolute atomic E-state index is 13.4. The number of anilines is 1. The van der Waals surface area contributed by atoms with Gasteiger partial charge in [0.2, 0.25) is 0 Å². The van der Waals surface area contributed by atoms with Crippen LogP contribution in [0.1, 0.15) is 30.9 Å². The molecule has 0 bridgehead atoms. The second-order valence-electron chi connectivity index (χ2n) is 7.65. The first-order chi connectivity index (χ1) is 14.5. The molecule has 0 radical (unpaired) electrons. The zero-order valence-electron chi connectivity index (χ0n) is 17.6. The summed E-state index contributed by atoms with van der Waals surface area (Å²) in [4.78, 5) is 32.7. The minimum Gasteiger partial charge on any atom is -0.383 e. The van der Waals surface area contributed by atoms with Gasteiger partial charge in [-0.25, -0.2) is 4.98 Å². The molecule has 0 aromatic carbocycles. The van der Waals surface area contributed by atoms with Gasteiger partial charge in [-0.05, 0) is 43.4 Å². The van der Waals surface area contributed by atoms with Crippen molar-refractivity contribution in [2.75, 3.05) is 38.3 Å². The SMILES string of the molecule is COCCNC(=O)/C(C#N)=C/c1c(N2CCC[C@H](C)C2)nc2c(C)cccn2c1=O. The number of piperidine rings is 1. The average molecular weight is 409 g/mol. The summed E-state index contributed by atoms with van der Waals surface area (Å²) in [6, 6.07) is 5.61. The monoisotopic (exact) mass is 409 g/mol. The highest BCUT2D eigenvalue weighted by Gasteiger charge is 2.23. The molecule has 8 nitrogen and oxygen atoms in total. The maximum atomic E-state index is 13.4. The van der Waals surface area contributed by atoms with Gasteiger partial charge in [0.05, 0.1) is 12.2 Å². The van der Waals surface area contributed by atoms with E-state index in [4.69, 9.17) is 9.72 Å². The first-order valence-corrected chi connectivity index (χ1v) is 10.1. The zero-order valence-corrected chi connectivity index (χ0v) is 17.6. The van der Waals surface area contributed by atoms with E-state index in [2.05, 4.69) is 17.1 Å². The lowest BCUT2D eigenvalue weighted by atomic mass is 10.00. The topological polar surface area (TPSA) is 99.7 Å². The molecule has 2 aromatic heterocycles. The average Bonchev–Trinajstić information content (AvgIpc) is 2.73. The van der Waals surface area contributed by atoms with E-state index in [0.717, 1.165) is 31.5 Å². The molecule has 30 heavy (non-hydrogen) atoms. The van der Waals surface area contributed by atoms with Crippen molar-refractivity contribution in [3.05, 3.63) is 45.4 Å². The fourth-order valence-electron chi connectivity index (χ4n) is 3.70. The number of hydrogen-bond acceptors (Lipinski definition) is 6. The molecule has 0 saturated carbocycles. The highest BCUT2D eigenvalue weighted by molar-refractivity contribution is 6.02. The van der Waals surface area contributed by atoms with E-state index in [9.17, 15) is 14.9 Å². The predicted molar refractivity (Wildman–Crippen MR) is 115 cm³/mol. The molecule has 1 amide bonds. The van der Waals surface area contributed by atoms with Crippen LogP contribution in [0, 0.1) is 24.2 Å². The van der Waals surface area contributed by atoms with Gasteiger partial charge in [0.1, 0.15) is 23.1 Å². The van der Waals surface area contributed by atoms with E-state index in [1.165, 1.54) is 17.6 Å². The molecule has 2 aromatic rings. The number of hydrogen-bond donors (Lipinski definition) is 1. The molecule has 8 heteroatoms. The van der Waals surface area contributed by atoms with Crippen molar-refractivity contribution in [2.45, 2.75) is 26.7 Å². The number of methoxy groups -OCH3 is 1. The summed E-state index contributed by atoms with van der Waals surface area (Å²) in [7, 11) is 1.53. The number of pyridine rings is 1. The van der Waals surface area contributed by atoms with Crippen LogP contribution < -0.4 is 15.8 Å². The van der Waals surface area contributed by atoms with Gasteiger partial charge in [-0.3, -0.25) is 14.0 Å². The number of ether oxygens (including phenoxy) is 1. The standard InChI is InChI=1S/C22H27N5O3/c1-15-6-4-9-26(14-15)20-18(12-17(13-23)21(28)24-8-11-30-3)22(29)27-10-5-7-16(2)19(27)25-20/h5,7,10,12,15H,4,6,8-9,11,14H2,1-3H3,(H,24,28)/b17-12+/t15-/m0/s1. The van der Waals surface area contributed by atoms with Gasteiger partial charge in [0, 0.05) is 32.9 Å². The molecule has 1 atom stereocenters. The van der Waals surface area contributed by atoms with Gasteiger partial charge >= 0.3 is 0 Å². The third-order valence-corrected chi connectivity index (χ3v) is 5.27. The van der Waals surface area contributed by atoms with E-state index in [1.807, 2.05) is 19.1 Å². The van der Waals surface area contributed by atoms with Crippen LogP contribution in [0.4, 0.5) is 5.82 Å². The normalized spacial score (nSPS) is 17.1. The third kappa shape index (κ3) is 4.52. The number of rotatable bonds is 6. The van der Waals surface area contributed by atoms with Gasteiger partial charge < -0.3 is 15.0 Å². The van der Waals surface area contributed by atoms with Crippen LogP contribution in [-0.2, 0) is 9.53 Å². The lowest BCUT2D eigenvalue weighted by molar-refractivity contribution is -0.117. The Morgan fingerprint density at radius 3 is 3.00 bits per heavy atom. The van der Waals surface area contributed by atoms with E-state index in [1.54, 1.807) is 12.3 Å². The smallest absolute Gasteiger partial charge is 0.267 e. The fourth-order valence-corrected chi connectivity index (χ4v) is 3.70. The van der Waals surface area contributed by atoms with Crippen molar-refractivity contribution in [1.82, 2.24) is 14.7 Å². The minimum absolute atomic E-state index is 0.135. The first-order valence-electron chi connectivity index (χ1n) is 10.1. The Kier molecular flexibility index (Phi) is 6.85. The Labute approximate surface area is 175 Å². The number of nitrogens with zero attached hydrogens (tertiary/aromatic N) is 4. The van der Waals surface area contributed by atoms with Gasteiger partial charge in [0.25, 0.3) is 11.5 Å². The van der Waals surface area contributed by atoms with E-state index < -0.39 is 5.91 Å². The molecular weight excluding hydrogens is 382 g/mol. The Balaban J connectivity index is 2.15. The molecule has 1 N–H and O–H groups in total. The second-order valence-corrected chi connectivity index (χ2v) is 7.65. The molecule has 1 aliphatic heterocycles. The van der Waals surface area contributed by atoms with Crippen molar-refractivity contribution in [2.24, 2.45) is 5.92 Å². The summed E-state index contributed by atoms with van der Waals surface area (Å²) in [5.41, 5.74) is 1.29. The number of nitriles is 1. The molecule has 1 saturated heterocycles. The van der Waals surface area contributed by atoms with E-state index in [0.29, 0.717) is 24.0 Å². The minimum atomic E-state index is -0.541. The summed E-state index contributed by atoms with van der Waals surface area (Å²) in [6.45, 7) is 6.24. The predicted octanol–water partition coefficient (Wildman–Crippen LogP) is 1.91. The zero-order chi connectivity index (χ0) is 21.7. The molecule has 1 fully saturated rings. The van der Waals surface area contributed by atoms with Crippen molar-refractivity contribution < 1.29 is 9.53 Å². The van der Waals surface area contributed by atoms with Crippen LogP contribution in [0.2, 0.25) is 0 Å². The van der Waals surface area contributed by atoms with E-state index in [-0.39, 0.29) is 23.2 Å². The maximum Gasteiger partial charge on any atom is 0.267 e. The van der Waals surface area contributed by atoms with Crippen molar-refractivity contribution in [1.29, 1.82) is 5.26 Å². The molecule has 0 spiro atoms. The lowest BCUT2D eigenvalue weighted by Gasteiger charge is -2.32. The van der Waals surface area contributed by atoms with Crippen LogP contribution >= 0.6 is 0 Å². The van der Waals surface area contributed by atoms with Crippen LogP contribution in [0.3, 0.4) is 0 Å². The van der Waals surface area contributed by atoms with Gasteiger partial charge in [-0.1, -0.05) is 13.0 Å². The summed E-state index contributed by atoms with van der Waals surface area (Å²) in [5.74, 6) is 0.458. The highest BCUT2D eigenvalue weighted by Crippen LogP contribution is 2.25. The van der Waals surface area contributed by atoms with Crippen molar-refractivity contribution >= 4 is 23.4 Å². The molecule has 158 valence electrons. The van der Waals surface area contributed by atoms with Crippen LogP contribution in [0.5, 0.6) is 0 Å². The Morgan fingerprint density at radius 2 is 2.30 bits per heavy atom. The van der Waals surface area contributed by atoms with Crippen LogP contribution in [-0.4, -0.2) is 48.6 Å². The fraction of sp³-hybridized carbons (Fsp3) is 0.455. The number of aryl methyl sites for hydroxylation is 1. The number of fused-ring (bicyclic) bond motifs is 1. The van der Waals surface area contributed by atoms with Gasteiger partial charge in [0.15, 0.2) is 0 Å². The summed E-state index contributed by atoms with van der Waals surface area (Å²) >= 11 is 0. The van der Waals surface area contributed by atoms with Crippen LogP contribution in [0.25, 0.3) is 11.7 Å². The molecular formula is C22H27N5O3. The number of carbonyl (C=O) groups is 1. The van der Waals surface area contributed by atoms with Gasteiger partial charge in [-0.15, -0.1) is 0 Å². The van der Waals surface area contributed by atoms with Crippen molar-refractivity contribution in [3.8, 4) is 6.07 Å². The Hall–Kier alpha value is -3.18. The molecule has 3 heterocycles. The highest BCUT2D eigenvalue weighted by atomic mass is 16.5. The van der Waals surface area contributed by atoms with Crippen molar-refractivity contribution in [3.63, 3.8) is 0 Å². The summed E-state index contributed by atoms with van der Waals surface area (Å²) < 4.78 is 6.39. The Bertz CT molecular complexity index is 1070. The van der Waals surface area contributed by atoms with E-state index >= 15 is 0 Å². The quantitative estimate of drug-likeness (QED) is 0.444. The number of amides is 1. The summed E-state index contributed by atoms with van der Waals surface area (Å²) in [6.07, 6.45) is 5.14. The lowest BCUT2D eigenvalue weighted by Crippen LogP contribution is -2.37. The largest absolute Gasteiger partial charge is 0.383 e. The number of aromatic nitrogens is 2. The molecule has 0 unspecified atom stereocenters. The number of nitrogens with one attached hydrogen (secondary N) is 1. The second kappa shape index (κ2) is 9.55. The molecule has 1 aliphatic rings. The summed E-state index contributed by atoms with van der Waals surface area (Å²) in [5, 5.41) is 12.2. The Morgan fingerprint density at radius 1 is 1.50 bits per heavy atom. The number of carbonyl (C=O) groups excluding carboxylic acids is 1. The van der Waals surface area contributed by atoms with Gasteiger partial charge in [-0.2, -0.15) is 5.26 Å². The molecule has 0 aliphatic carbocycles.